The van der Waals surface area contributed by atoms with Crippen LogP contribution < -0.4 is 0 Å². The molecule has 1 fully saturated rings. The average Bonchev–Trinajstić information content (AvgIpc) is 2.48. The van der Waals surface area contributed by atoms with Crippen molar-refractivity contribution >= 4 is 5.91 Å². The number of amides is 1. The third-order valence-corrected chi connectivity index (χ3v) is 3.96. The van der Waals surface area contributed by atoms with Gasteiger partial charge in [0, 0.05) is 20.2 Å². The average molecular weight is 275 g/mol. The third-order valence-electron chi connectivity index (χ3n) is 3.96. The molecule has 1 aromatic rings. The Morgan fingerprint density at radius 2 is 2.05 bits per heavy atom. The van der Waals surface area contributed by atoms with Crippen molar-refractivity contribution < 1.29 is 9.53 Å². The molecule has 0 bridgehead atoms. The number of benzene rings is 1. The van der Waals surface area contributed by atoms with E-state index in [0.717, 1.165) is 31.6 Å². The molecule has 0 aliphatic carbocycles. The Bertz CT molecular complexity index is 421. The Hall–Kier alpha value is -1.35. The van der Waals surface area contributed by atoms with Gasteiger partial charge in [-0.2, -0.15) is 0 Å². The first kappa shape index (κ1) is 15.0. The number of carbonyl (C=O) groups is 1. The summed E-state index contributed by atoms with van der Waals surface area (Å²) in [6.45, 7) is 3.73. The smallest absolute Gasteiger partial charge is 0.226 e. The lowest BCUT2D eigenvalue weighted by Crippen LogP contribution is -2.32. The number of nitrogens with zero attached hydrogens (tertiary/aromatic N) is 1. The van der Waals surface area contributed by atoms with Gasteiger partial charge in [-0.05, 0) is 38.2 Å². The van der Waals surface area contributed by atoms with E-state index in [1.165, 1.54) is 18.4 Å². The molecule has 2 rings (SSSR count). The predicted octanol–water partition coefficient (Wildman–Crippen LogP) is 2.96. The number of carbonyl (C=O) groups excluding carboxylic acids is 1. The highest BCUT2D eigenvalue weighted by atomic mass is 16.5. The van der Waals surface area contributed by atoms with E-state index in [2.05, 4.69) is 19.1 Å². The topological polar surface area (TPSA) is 29.5 Å². The van der Waals surface area contributed by atoms with E-state index in [0.29, 0.717) is 12.5 Å². The molecule has 1 aliphatic heterocycles. The summed E-state index contributed by atoms with van der Waals surface area (Å²) in [6, 6.07) is 8.17. The number of aryl methyl sites for hydroxylation is 1. The Labute approximate surface area is 121 Å². The van der Waals surface area contributed by atoms with E-state index in [1.807, 2.05) is 24.1 Å². The van der Waals surface area contributed by atoms with E-state index in [-0.39, 0.29) is 5.91 Å². The molecule has 1 aliphatic rings. The van der Waals surface area contributed by atoms with Crippen molar-refractivity contribution in [2.75, 3.05) is 20.2 Å². The van der Waals surface area contributed by atoms with Crippen LogP contribution in [-0.4, -0.2) is 37.1 Å². The molecule has 0 radical (unpaired) electrons. The van der Waals surface area contributed by atoms with E-state index in [9.17, 15) is 4.79 Å². The second-order valence-corrected chi connectivity index (χ2v) is 5.75. The Morgan fingerprint density at radius 1 is 1.30 bits per heavy atom. The zero-order chi connectivity index (χ0) is 14.4. The van der Waals surface area contributed by atoms with Gasteiger partial charge < -0.3 is 9.64 Å². The molecule has 1 atom stereocenters. The van der Waals surface area contributed by atoms with Gasteiger partial charge >= 0.3 is 0 Å². The van der Waals surface area contributed by atoms with E-state index in [4.69, 9.17) is 4.74 Å². The van der Waals surface area contributed by atoms with Gasteiger partial charge in [0.25, 0.3) is 0 Å². The summed E-state index contributed by atoms with van der Waals surface area (Å²) in [5.74, 6) is 0.185. The van der Waals surface area contributed by atoms with E-state index in [1.54, 1.807) is 0 Å². The highest BCUT2D eigenvalue weighted by Crippen LogP contribution is 2.16. The zero-order valence-electron chi connectivity index (χ0n) is 12.6. The van der Waals surface area contributed by atoms with Crippen LogP contribution in [-0.2, 0) is 16.0 Å². The Kier molecular flexibility index (Phi) is 5.60. The lowest BCUT2D eigenvalue weighted by molar-refractivity contribution is -0.129. The summed E-state index contributed by atoms with van der Waals surface area (Å²) in [4.78, 5) is 14.0. The standard InChI is InChI=1S/C17H25NO2/c1-14-6-8-15(9-7-14)13-17(19)18(2)11-10-16-5-3-4-12-20-16/h6-9,16H,3-5,10-13H2,1-2H3. The van der Waals surface area contributed by atoms with Gasteiger partial charge in [0.1, 0.15) is 0 Å². The van der Waals surface area contributed by atoms with E-state index < -0.39 is 0 Å². The minimum atomic E-state index is 0.185. The van der Waals surface area contributed by atoms with Crippen LogP contribution in [0.4, 0.5) is 0 Å². The van der Waals surface area contributed by atoms with Crippen LogP contribution >= 0.6 is 0 Å². The Morgan fingerprint density at radius 3 is 2.70 bits per heavy atom. The van der Waals surface area contributed by atoms with Crippen molar-refractivity contribution in [2.45, 2.75) is 45.1 Å². The SMILES string of the molecule is Cc1ccc(CC(=O)N(C)CCC2CCCCO2)cc1. The first-order valence-corrected chi connectivity index (χ1v) is 7.56. The second-order valence-electron chi connectivity index (χ2n) is 5.75. The summed E-state index contributed by atoms with van der Waals surface area (Å²) in [7, 11) is 1.89. The fourth-order valence-electron chi connectivity index (χ4n) is 2.51. The fraction of sp³-hybridized carbons (Fsp3) is 0.588. The number of likely N-dealkylation sites (N-methyl/N-ethyl adjacent to an activating group) is 1. The van der Waals surface area contributed by atoms with Crippen molar-refractivity contribution in [3.63, 3.8) is 0 Å². The summed E-state index contributed by atoms with van der Waals surface area (Å²) in [5, 5.41) is 0. The summed E-state index contributed by atoms with van der Waals surface area (Å²) >= 11 is 0. The maximum Gasteiger partial charge on any atom is 0.226 e. The lowest BCUT2D eigenvalue weighted by atomic mass is 10.1. The van der Waals surface area contributed by atoms with Gasteiger partial charge in [0.15, 0.2) is 0 Å². The Balaban J connectivity index is 1.75. The van der Waals surface area contributed by atoms with Crippen LogP contribution in [0.1, 0.15) is 36.8 Å². The maximum absolute atomic E-state index is 12.2. The van der Waals surface area contributed by atoms with Crippen molar-refractivity contribution in [1.29, 1.82) is 0 Å². The van der Waals surface area contributed by atoms with Crippen LogP contribution in [0, 0.1) is 6.92 Å². The fourth-order valence-corrected chi connectivity index (χ4v) is 2.51. The highest BCUT2D eigenvalue weighted by Gasteiger charge is 2.16. The maximum atomic E-state index is 12.2. The number of hydrogen-bond acceptors (Lipinski definition) is 2. The monoisotopic (exact) mass is 275 g/mol. The second kappa shape index (κ2) is 7.44. The van der Waals surface area contributed by atoms with Gasteiger partial charge in [0.05, 0.1) is 12.5 Å². The molecule has 1 unspecified atom stereocenters. The van der Waals surface area contributed by atoms with Crippen molar-refractivity contribution in [1.82, 2.24) is 4.90 Å². The molecule has 1 saturated heterocycles. The van der Waals surface area contributed by atoms with Crippen LogP contribution in [0.3, 0.4) is 0 Å². The van der Waals surface area contributed by atoms with Gasteiger partial charge in [-0.25, -0.2) is 0 Å². The molecule has 1 amide bonds. The number of ether oxygens (including phenoxy) is 1. The summed E-state index contributed by atoms with van der Waals surface area (Å²) < 4.78 is 5.70. The van der Waals surface area contributed by atoms with E-state index >= 15 is 0 Å². The lowest BCUT2D eigenvalue weighted by Gasteiger charge is -2.25. The molecule has 3 nitrogen and oxygen atoms in total. The van der Waals surface area contributed by atoms with Gasteiger partial charge in [-0.3, -0.25) is 4.79 Å². The van der Waals surface area contributed by atoms with Gasteiger partial charge in [-0.1, -0.05) is 29.8 Å². The van der Waals surface area contributed by atoms with Crippen molar-refractivity contribution in [3.05, 3.63) is 35.4 Å². The first-order chi connectivity index (χ1) is 9.65. The third kappa shape index (κ3) is 4.64. The molecule has 1 heterocycles. The van der Waals surface area contributed by atoms with Gasteiger partial charge in [0.2, 0.25) is 5.91 Å². The molecule has 0 saturated carbocycles. The molecule has 3 heteroatoms. The van der Waals surface area contributed by atoms with Crippen LogP contribution in [0.5, 0.6) is 0 Å². The highest BCUT2D eigenvalue weighted by molar-refractivity contribution is 5.78. The zero-order valence-corrected chi connectivity index (χ0v) is 12.6. The molecule has 0 aromatic heterocycles. The molecular weight excluding hydrogens is 250 g/mol. The van der Waals surface area contributed by atoms with Crippen molar-refractivity contribution in [3.8, 4) is 0 Å². The molecular formula is C17H25NO2. The number of hydrogen-bond donors (Lipinski definition) is 0. The predicted molar refractivity (Wildman–Crippen MR) is 80.7 cm³/mol. The quantitative estimate of drug-likeness (QED) is 0.827. The largest absolute Gasteiger partial charge is 0.378 e. The normalized spacial score (nSPS) is 18.8. The molecule has 110 valence electrons. The molecule has 0 spiro atoms. The molecule has 1 aromatic carbocycles. The summed E-state index contributed by atoms with van der Waals surface area (Å²) in [6.07, 6.45) is 5.36. The first-order valence-electron chi connectivity index (χ1n) is 7.56. The summed E-state index contributed by atoms with van der Waals surface area (Å²) in [5.41, 5.74) is 2.31. The minimum Gasteiger partial charge on any atom is -0.378 e. The van der Waals surface area contributed by atoms with Crippen LogP contribution in [0.2, 0.25) is 0 Å². The van der Waals surface area contributed by atoms with Crippen LogP contribution in [0.25, 0.3) is 0 Å². The molecule has 0 N–H and O–H groups in total. The van der Waals surface area contributed by atoms with Crippen molar-refractivity contribution in [2.24, 2.45) is 0 Å². The molecule has 20 heavy (non-hydrogen) atoms. The number of rotatable bonds is 5. The van der Waals surface area contributed by atoms with Crippen LogP contribution in [0.15, 0.2) is 24.3 Å². The van der Waals surface area contributed by atoms with Gasteiger partial charge in [-0.15, -0.1) is 0 Å². The minimum absolute atomic E-state index is 0.185.